The van der Waals surface area contributed by atoms with Crippen molar-refractivity contribution in [2.75, 3.05) is 36.1 Å². The van der Waals surface area contributed by atoms with E-state index in [-0.39, 0.29) is 16.4 Å². The van der Waals surface area contributed by atoms with Crippen molar-refractivity contribution < 1.29 is 34.1 Å². The number of hydrogen-bond donors (Lipinski definition) is 3. The Hall–Kier alpha value is -2.93. The summed E-state index contributed by atoms with van der Waals surface area (Å²) >= 11 is 5.80. The molecule has 3 rings (SSSR count). The van der Waals surface area contributed by atoms with Crippen LogP contribution in [0.15, 0.2) is 0 Å². The van der Waals surface area contributed by atoms with Crippen LogP contribution in [0.4, 0.5) is 30.4 Å². The van der Waals surface area contributed by atoms with Crippen molar-refractivity contribution in [2.45, 2.75) is 25.3 Å². The highest BCUT2D eigenvalue weighted by atomic mass is 35.5. The van der Waals surface area contributed by atoms with Crippen LogP contribution in [-0.4, -0.2) is 85.2 Å². The third kappa shape index (κ3) is 3.70. The van der Waals surface area contributed by atoms with Gasteiger partial charge in [0.25, 0.3) is 0 Å². The number of carboxylic acid groups (broad SMARTS) is 3. The quantitative estimate of drug-likeness (QED) is 0.477. The smallest absolute Gasteiger partial charge is 0.437 e. The van der Waals surface area contributed by atoms with Gasteiger partial charge in [0.15, 0.2) is 5.82 Å². The third-order valence-corrected chi connectivity index (χ3v) is 5.13. The molecule has 0 spiro atoms. The zero-order chi connectivity index (χ0) is 21.5. The number of carbonyl (C=O) groups is 3. The molecule has 1 aromatic rings. The van der Waals surface area contributed by atoms with Crippen LogP contribution >= 0.6 is 11.6 Å². The maximum atomic E-state index is 15.1. The first kappa shape index (κ1) is 20.8. The highest BCUT2D eigenvalue weighted by Gasteiger charge is 2.47. The van der Waals surface area contributed by atoms with E-state index in [4.69, 9.17) is 21.8 Å². The van der Waals surface area contributed by atoms with Gasteiger partial charge in [-0.1, -0.05) is 0 Å². The summed E-state index contributed by atoms with van der Waals surface area (Å²) in [6.45, 7) is 4.61. The maximum Gasteiger partial charge on any atom is 0.437 e. The van der Waals surface area contributed by atoms with Crippen LogP contribution in [0.1, 0.15) is 19.8 Å². The highest BCUT2D eigenvalue weighted by Crippen LogP contribution is 2.37. The van der Waals surface area contributed by atoms with Crippen LogP contribution in [-0.2, 0) is 0 Å². The van der Waals surface area contributed by atoms with Crippen molar-refractivity contribution in [3.8, 4) is 0 Å². The van der Waals surface area contributed by atoms with Crippen molar-refractivity contribution in [1.82, 2.24) is 19.9 Å². The first-order valence-electron chi connectivity index (χ1n) is 8.57. The molecule has 3 amide bonds. The number of hydrazine groups is 1. The predicted molar refractivity (Wildman–Crippen MR) is 96.8 cm³/mol. The number of aromatic nitrogens is 2. The van der Waals surface area contributed by atoms with Gasteiger partial charge in [-0.25, -0.2) is 14.4 Å². The molecule has 3 heterocycles. The second kappa shape index (κ2) is 7.48. The fourth-order valence-corrected chi connectivity index (χ4v) is 3.81. The maximum absolute atomic E-state index is 15.1. The van der Waals surface area contributed by atoms with E-state index in [1.54, 1.807) is 0 Å². The predicted octanol–water partition coefficient (Wildman–Crippen LogP) is 2.00. The van der Waals surface area contributed by atoms with Gasteiger partial charge in [-0.05, 0) is 44.5 Å². The Kier molecular flexibility index (Phi) is 5.36. The van der Waals surface area contributed by atoms with Crippen molar-refractivity contribution in [1.29, 1.82) is 0 Å². The molecule has 12 nitrogen and oxygen atoms in total. The van der Waals surface area contributed by atoms with E-state index in [9.17, 15) is 19.5 Å². The molecule has 0 aliphatic carbocycles. The fraction of sp³-hybridized carbons (Fsp3) is 0.533. The summed E-state index contributed by atoms with van der Waals surface area (Å²) in [4.78, 5) is 44.9. The van der Waals surface area contributed by atoms with E-state index in [1.165, 1.54) is 4.90 Å². The molecule has 29 heavy (non-hydrogen) atoms. The van der Waals surface area contributed by atoms with Gasteiger partial charge >= 0.3 is 18.3 Å². The molecule has 0 bridgehead atoms. The summed E-state index contributed by atoms with van der Waals surface area (Å²) in [5, 5.41) is 25.9. The summed E-state index contributed by atoms with van der Waals surface area (Å²) in [5.74, 6) is -2.74. The zero-order valence-electron chi connectivity index (χ0n) is 15.2. The molecule has 3 N–H and O–H groups in total. The first-order chi connectivity index (χ1) is 13.5. The van der Waals surface area contributed by atoms with Crippen LogP contribution in [0.3, 0.4) is 0 Å². The normalized spacial score (nSPS) is 18.2. The van der Waals surface area contributed by atoms with E-state index < -0.39 is 40.2 Å². The Labute approximate surface area is 168 Å². The minimum absolute atomic E-state index is 0.221. The van der Waals surface area contributed by atoms with Gasteiger partial charge in [-0.2, -0.15) is 14.4 Å². The Morgan fingerprint density at radius 3 is 2.10 bits per heavy atom. The molecular formula is C15H18ClFN6O6. The topological polar surface area (TPSA) is 151 Å². The lowest BCUT2D eigenvalue weighted by atomic mass is 9.90. The molecule has 2 aliphatic rings. The van der Waals surface area contributed by atoms with E-state index in [2.05, 4.69) is 14.9 Å². The van der Waals surface area contributed by atoms with Gasteiger partial charge in [0.1, 0.15) is 0 Å². The molecule has 2 saturated heterocycles. The average Bonchev–Trinajstić information content (AvgIpc) is 3.13. The molecule has 158 valence electrons. The van der Waals surface area contributed by atoms with E-state index in [0.717, 1.165) is 25.9 Å². The number of amides is 3. The van der Waals surface area contributed by atoms with Gasteiger partial charge < -0.3 is 20.2 Å². The summed E-state index contributed by atoms with van der Waals surface area (Å²) < 4.78 is 15.1. The van der Waals surface area contributed by atoms with E-state index in [1.807, 2.05) is 6.92 Å². The van der Waals surface area contributed by atoms with Crippen LogP contribution in [0, 0.1) is 5.82 Å². The molecule has 0 radical (unpaired) electrons. The van der Waals surface area contributed by atoms with Gasteiger partial charge in [0.2, 0.25) is 16.9 Å². The van der Waals surface area contributed by atoms with Gasteiger partial charge in [-0.15, -0.1) is 10.0 Å². The van der Waals surface area contributed by atoms with Crippen LogP contribution in [0.5, 0.6) is 0 Å². The van der Waals surface area contributed by atoms with Crippen molar-refractivity contribution >= 4 is 41.5 Å². The lowest BCUT2D eigenvalue weighted by Gasteiger charge is -2.53. The van der Waals surface area contributed by atoms with Gasteiger partial charge in [0, 0.05) is 13.1 Å². The average molecular weight is 433 g/mol. The number of nitrogens with zero attached hydrogens (tertiary/aromatic N) is 6. The number of likely N-dealkylation sites (tertiary alicyclic amines) is 1. The minimum atomic E-state index is -2.17. The van der Waals surface area contributed by atoms with Crippen molar-refractivity contribution in [3.63, 3.8) is 0 Å². The van der Waals surface area contributed by atoms with Crippen LogP contribution < -0.4 is 9.91 Å². The van der Waals surface area contributed by atoms with Crippen molar-refractivity contribution in [3.05, 3.63) is 11.1 Å². The summed E-state index contributed by atoms with van der Waals surface area (Å²) in [7, 11) is 0. The number of imide groups is 1. The first-order valence-corrected chi connectivity index (χ1v) is 8.95. The van der Waals surface area contributed by atoms with Gasteiger partial charge in [0.05, 0.1) is 5.54 Å². The molecule has 1 aromatic heterocycles. The third-order valence-electron chi connectivity index (χ3n) is 4.97. The number of halogens is 2. The summed E-state index contributed by atoms with van der Waals surface area (Å²) in [6, 6.07) is 0. The second-order valence-electron chi connectivity index (χ2n) is 6.97. The Morgan fingerprint density at radius 2 is 1.62 bits per heavy atom. The highest BCUT2D eigenvalue weighted by molar-refractivity contribution is 6.28. The number of hydrogen-bond acceptors (Lipinski definition) is 7. The largest absolute Gasteiger partial charge is 0.463 e. The molecule has 0 atom stereocenters. The molecule has 14 heteroatoms. The van der Waals surface area contributed by atoms with Crippen molar-refractivity contribution in [2.24, 2.45) is 0 Å². The molecule has 0 aromatic carbocycles. The fourth-order valence-electron chi connectivity index (χ4n) is 3.65. The summed E-state index contributed by atoms with van der Waals surface area (Å²) in [6.07, 6.45) is -4.27. The molecule has 0 saturated carbocycles. The zero-order valence-corrected chi connectivity index (χ0v) is 16.0. The second-order valence-corrected chi connectivity index (χ2v) is 7.31. The molecule has 2 fully saturated rings. The molecule has 2 aliphatic heterocycles. The molecular weight excluding hydrogens is 415 g/mol. The number of rotatable bonds is 3. The lowest BCUT2D eigenvalue weighted by Crippen LogP contribution is -2.68. The monoisotopic (exact) mass is 432 g/mol. The van der Waals surface area contributed by atoms with Crippen LogP contribution in [0.2, 0.25) is 5.28 Å². The minimum Gasteiger partial charge on any atom is -0.463 e. The van der Waals surface area contributed by atoms with Crippen LogP contribution in [0.25, 0.3) is 0 Å². The Morgan fingerprint density at radius 1 is 1.07 bits per heavy atom. The van der Waals surface area contributed by atoms with Gasteiger partial charge in [-0.3, -0.25) is 4.90 Å². The number of anilines is 2. The Balaban J connectivity index is 1.95. The summed E-state index contributed by atoms with van der Waals surface area (Å²) in [5.41, 5.74) is -0.221. The lowest BCUT2D eigenvalue weighted by molar-refractivity contribution is 0.100. The standard InChI is InChI=1S/C15H18ClFN6O6/c1-15(21-4-2-3-5-21)6-20(7-15)9-8(17)10(19-11(16)18-9)22(12(24)25)23(13(26)27)14(28)29/h2-7H2,1H3,(H,24,25)(H,26,27)(H,28,29). The Bertz CT molecular complexity index is 846. The SMILES string of the molecule is CC1(N2CCCC2)CN(c2nc(Cl)nc(N(C(=O)O)N(C(=O)O)C(=O)O)c2F)C1. The molecule has 0 unspecified atom stereocenters. The van der Waals surface area contributed by atoms with E-state index >= 15 is 4.39 Å². The van der Waals surface area contributed by atoms with E-state index in [0.29, 0.717) is 13.1 Å².